The third-order valence-electron chi connectivity index (χ3n) is 5.00. The van der Waals surface area contributed by atoms with Crippen molar-refractivity contribution in [2.24, 2.45) is 29.4 Å². The Morgan fingerprint density at radius 3 is 2.78 bits per heavy atom. The Kier molecular flexibility index (Phi) is 8.07. The molecule has 3 N–H and O–H groups in total. The molecule has 0 unspecified atom stereocenters. The molecule has 0 aromatic heterocycles. The maximum absolute atomic E-state index is 12.7. The summed E-state index contributed by atoms with van der Waals surface area (Å²) in [6.45, 7) is 4.86. The highest BCUT2D eigenvalue weighted by Gasteiger charge is 2.49. The van der Waals surface area contributed by atoms with Gasteiger partial charge in [-0.25, -0.2) is 0 Å². The number of nitrogens with one attached hydrogen (secondary N) is 1. The summed E-state index contributed by atoms with van der Waals surface area (Å²) in [5.41, 5.74) is 6.43. The van der Waals surface area contributed by atoms with Crippen molar-refractivity contribution in [2.45, 2.75) is 12.8 Å². The summed E-state index contributed by atoms with van der Waals surface area (Å²) < 4.78 is 5.01. The van der Waals surface area contributed by atoms with Crippen molar-refractivity contribution < 1.29 is 14.3 Å². The van der Waals surface area contributed by atoms with Crippen LogP contribution in [0.4, 0.5) is 0 Å². The highest BCUT2D eigenvalue weighted by Crippen LogP contribution is 2.44. The zero-order valence-electron chi connectivity index (χ0n) is 15.6. The van der Waals surface area contributed by atoms with E-state index in [2.05, 4.69) is 11.9 Å². The minimum absolute atomic E-state index is 0.0963. The van der Waals surface area contributed by atoms with Crippen LogP contribution in [0.5, 0.6) is 0 Å². The van der Waals surface area contributed by atoms with E-state index in [4.69, 9.17) is 22.1 Å². The van der Waals surface area contributed by atoms with E-state index in [1.54, 1.807) is 12.1 Å². The van der Waals surface area contributed by atoms with Gasteiger partial charge in [-0.15, -0.1) is 6.58 Å². The van der Waals surface area contributed by atoms with Crippen LogP contribution in [0.2, 0.25) is 5.02 Å². The van der Waals surface area contributed by atoms with E-state index in [9.17, 15) is 9.59 Å². The highest BCUT2D eigenvalue weighted by molar-refractivity contribution is 6.30. The van der Waals surface area contributed by atoms with Gasteiger partial charge in [0.1, 0.15) is 0 Å². The number of methoxy groups -OCH3 is 1. The fourth-order valence-electron chi connectivity index (χ4n) is 3.67. The molecule has 1 aliphatic carbocycles. The summed E-state index contributed by atoms with van der Waals surface area (Å²) in [7, 11) is 1.35. The molecule has 1 fully saturated rings. The molecule has 146 valence electrons. The second-order valence-electron chi connectivity index (χ2n) is 6.72. The first kappa shape index (κ1) is 21.2. The van der Waals surface area contributed by atoms with Crippen LogP contribution in [0, 0.1) is 23.7 Å². The van der Waals surface area contributed by atoms with Gasteiger partial charge in [0.15, 0.2) is 0 Å². The van der Waals surface area contributed by atoms with Crippen LogP contribution >= 0.6 is 11.6 Å². The van der Waals surface area contributed by atoms with Crippen LogP contribution in [-0.4, -0.2) is 32.1 Å². The number of halogens is 1. The van der Waals surface area contributed by atoms with Gasteiger partial charge in [0.2, 0.25) is 5.91 Å². The van der Waals surface area contributed by atoms with Crippen molar-refractivity contribution in [1.82, 2.24) is 5.32 Å². The normalized spacial score (nSPS) is 24.7. The molecule has 1 aromatic carbocycles. The number of hydrogen-bond acceptors (Lipinski definition) is 4. The van der Waals surface area contributed by atoms with E-state index >= 15 is 0 Å². The zero-order valence-corrected chi connectivity index (χ0v) is 16.3. The molecule has 27 heavy (non-hydrogen) atoms. The maximum atomic E-state index is 12.7. The van der Waals surface area contributed by atoms with Crippen LogP contribution in [0.15, 0.2) is 43.0 Å². The third kappa shape index (κ3) is 5.44. The SMILES string of the molecule is C=C[C@H]1C[C@@H](/C=C/c2cccc(Cl)c2)[C@@H](C(=O)OC)[C@H]1C(=O)NCCCN. The molecule has 0 saturated heterocycles. The number of hydrogen-bond donors (Lipinski definition) is 2. The number of esters is 1. The number of allylic oxidation sites excluding steroid dienone is 2. The third-order valence-corrected chi connectivity index (χ3v) is 5.23. The predicted octanol–water partition coefficient (Wildman–Crippen LogP) is 3.05. The monoisotopic (exact) mass is 390 g/mol. The number of carbonyl (C=O) groups excluding carboxylic acids is 2. The average Bonchev–Trinajstić information content (AvgIpc) is 3.04. The Bertz CT molecular complexity index is 704. The Morgan fingerprint density at radius 1 is 1.37 bits per heavy atom. The van der Waals surface area contributed by atoms with Crippen LogP contribution in [0.3, 0.4) is 0 Å². The molecular weight excluding hydrogens is 364 g/mol. The van der Waals surface area contributed by atoms with E-state index in [0.717, 1.165) is 5.56 Å². The van der Waals surface area contributed by atoms with Crippen molar-refractivity contribution in [3.8, 4) is 0 Å². The summed E-state index contributed by atoms with van der Waals surface area (Å²) >= 11 is 6.03. The summed E-state index contributed by atoms with van der Waals surface area (Å²) in [4.78, 5) is 25.2. The van der Waals surface area contributed by atoms with Crippen LogP contribution in [0.1, 0.15) is 18.4 Å². The topological polar surface area (TPSA) is 81.4 Å². The van der Waals surface area contributed by atoms with E-state index in [0.29, 0.717) is 31.0 Å². The molecule has 1 saturated carbocycles. The quantitative estimate of drug-likeness (QED) is 0.406. The Morgan fingerprint density at radius 2 is 2.15 bits per heavy atom. The minimum Gasteiger partial charge on any atom is -0.469 e. The van der Waals surface area contributed by atoms with Gasteiger partial charge in [-0.05, 0) is 48.9 Å². The van der Waals surface area contributed by atoms with Crippen molar-refractivity contribution in [3.63, 3.8) is 0 Å². The first-order valence-corrected chi connectivity index (χ1v) is 9.51. The van der Waals surface area contributed by atoms with Gasteiger partial charge in [0.25, 0.3) is 0 Å². The molecule has 0 spiro atoms. The van der Waals surface area contributed by atoms with Crippen LogP contribution in [0.25, 0.3) is 6.08 Å². The van der Waals surface area contributed by atoms with Gasteiger partial charge in [-0.3, -0.25) is 9.59 Å². The Hall–Kier alpha value is -2.11. The van der Waals surface area contributed by atoms with E-state index in [1.165, 1.54) is 7.11 Å². The van der Waals surface area contributed by atoms with Crippen LogP contribution in [-0.2, 0) is 14.3 Å². The van der Waals surface area contributed by atoms with Gasteiger partial charge >= 0.3 is 5.97 Å². The molecule has 0 radical (unpaired) electrons. The lowest BCUT2D eigenvalue weighted by molar-refractivity contribution is -0.150. The molecular formula is C21H27ClN2O3. The fourth-order valence-corrected chi connectivity index (χ4v) is 3.87. The smallest absolute Gasteiger partial charge is 0.310 e. The molecule has 4 atom stereocenters. The average molecular weight is 391 g/mol. The second-order valence-corrected chi connectivity index (χ2v) is 7.16. The summed E-state index contributed by atoms with van der Waals surface area (Å²) in [5, 5.41) is 3.53. The first-order chi connectivity index (χ1) is 13.0. The number of nitrogens with two attached hydrogens (primary N) is 1. The lowest BCUT2D eigenvalue weighted by Crippen LogP contribution is -2.40. The lowest BCUT2D eigenvalue weighted by Gasteiger charge is -2.22. The Balaban J connectivity index is 2.24. The first-order valence-electron chi connectivity index (χ1n) is 9.13. The van der Waals surface area contributed by atoms with Crippen molar-refractivity contribution >= 4 is 29.6 Å². The number of ether oxygens (including phenoxy) is 1. The van der Waals surface area contributed by atoms with E-state index < -0.39 is 11.8 Å². The number of rotatable bonds is 8. The minimum atomic E-state index is -0.550. The molecule has 0 aliphatic heterocycles. The fraction of sp³-hybridized carbons (Fsp3) is 0.429. The summed E-state index contributed by atoms with van der Waals surface area (Å²) in [5.74, 6) is -1.79. The lowest BCUT2D eigenvalue weighted by atomic mass is 9.85. The van der Waals surface area contributed by atoms with Crippen molar-refractivity contribution in [3.05, 3.63) is 53.6 Å². The molecule has 0 bridgehead atoms. The molecule has 2 rings (SSSR count). The van der Waals surface area contributed by atoms with Gasteiger partial charge < -0.3 is 15.8 Å². The molecule has 5 nitrogen and oxygen atoms in total. The number of carbonyl (C=O) groups is 2. The van der Waals surface area contributed by atoms with Crippen LogP contribution < -0.4 is 11.1 Å². The maximum Gasteiger partial charge on any atom is 0.310 e. The molecule has 1 aliphatic rings. The highest BCUT2D eigenvalue weighted by atomic mass is 35.5. The Labute approximate surface area is 165 Å². The molecule has 6 heteroatoms. The molecule has 1 amide bonds. The van der Waals surface area contributed by atoms with Gasteiger partial charge in [-0.1, -0.05) is 42.0 Å². The zero-order chi connectivity index (χ0) is 19.8. The van der Waals surface area contributed by atoms with Gasteiger partial charge in [-0.2, -0.15) is 0 Å². The summed E-state index contributed by atoms with van der Waals surface area (Å²) in [6.07, 6.45) is 7.02. The standard InChI is InChI=1S/C21H27ClN2O3/c1-3-15-13-16(9-8-14-6-4-7-17(22)12-14)19(21(26)27-2)18(15)20(25)24-11-5-10-23/h3-4,6-9,12,15-16,18-19H,1,5,10-11,13,23H2,2H3,(H,24,25)/b9-8+/t15-,16+,18-,19+/m0/s1. The van der Waals surface area contributed by atoms with E-state index in [-0.39, 0.29) is 23.7 Å². The predicted molar refractivity (Wildman–Crippen MR) is 108 cm³/mol. The summed E-state index contributed by atoms with van der Waals surface area (Å²) in [6, 6.07) is 7.46. The van der Waals surface area contributed by atoms with Crippen molar-refractivity contribution in [2.75, 3.05) is 20.2 Å². The molecule has 1 aromatic rings. The van der Waals surface area contributed by atoms with Crippen molar-refractivity contribution in [1.29, 1.82) is 0 Å². The second kappa shape index (κ2) is 10.3. The van der Waals surface area contributed by atoms with E-state index in [1.807, 2.05) is 30.4 Å². The number of amides is 1. The number of benzene rings is 1. The van der Waals surface area contributed by atoms with Gasteiger partial charge in [0, 0.05) is 11.6 Å². The molecule has 0 heterocycles. The largest absolute Gasteiger partial charge is 0.469 e. The van der Waals surface area contributed by atoms with Gasteiger partial charge in [0.05, 0.1) is 18.9 Å².